The quantitative estimate of drug-likeness (QED) is 0.904. The first-order valence-corrected chi connectivity index (χ1v) is 8.28. The van der Waals surface area contributed by atoms with Crippen molar-refractivity contribution >= 4 is 6.03 Å². The van der Waals surface area contributed by atoms with Gasteiger partial charge in [0.2, 0.25) is 0 Å². The van der Waals surface area contributed by atoms with Crippen LogP contribution in [0, 0.1) is 5.92 Å². The lowest BCUT2D eigenvalue weighted by atomic mass is 9.86. The van der Waals surface area contributed by atoms with Gasteiger partial charge in [-0.05, 0) is 24.8 Å². The van der Waals surface area contributed by atoms with E-state index in [-0.39, 0.29) is 12.1 Å². The first-order valence-electron chi connectivity index (χ1n) is 8.28. The Bertz CT molecular complexity index is 533. The summed E-state index contributed by atoms with van der Waals surface area (Å²) in [5.41, 5.74) is 0.932. The highest BCUT2D eigenvalue weighted by Crippen LogP contribution is 2.31. The normalized spacial score (nSPS) is 20.7. The molecule has 0 radical (unpaired) electrons. The SMILES string of the molecule is COc1cccc(CN(C)C(=O)NC2CCCCC2C)c1OC. The highest BCUT2D eigenvalue weighted by molar-refractivity contribution is 5.74. The number of para-hydroxylation sites is 1. The van der Waals surface area contributed by atoms with Crippen molar-refractivity contribution in [3.63, 3.8) is 0 Å². The summed E-state index contributed by atoms with van der Waals surface area (Å²) in [6, 6.07) is 5.96. The van der Waals surface area contributed by atoms with Crippen LogP contribution in [0.1, 0.15) is 38.2 Å². The molecule has 5 nitrogen and oxygen atoms in total. The minimum absolute atomic E-state index is 0.0337. The van der Waals surface area contributed by atoms with Gasteiger partial charge < -0.3 is 19.7 Å². The predicted molar refractivity (Wildman–Crippen MR) is 91.0 cm³/mol. The van der Waals surface area contributed by atoms with Gasteiger partial charge in [-0.25, -0.2) is 4.79 Å². The molecule has 1 aliphatic rings. The standard InChI is InChI=1S/C18H28N2O3/c1-13-8-5-6-10-15(13)19-18(21)20(2)12-14-9-7-11-16(22-3)17(14)23-4/h7,9,11,13,15H,5-6,8,10,12H2,1-4H3,(H,19,21). The summed E-state index contributed by atoms with van der Waals surface area (Å²) < 4.78 is 10.7. The van der Waals surface area contributed by atoms with Crippen molar-refractivity contribution in [3.05, 3.63) is 23.8 Å². The number of methoxy groups -OCH3 is 2. The molecule has 1 saturated carbocycles. The molecule has 5 heteroatoms. The third kappa shape index (κ3) is 4.30. The molecule has 1 aromatic rings. The van der Waals surface area contributed by atoms with Crippen LogP contribution < -0.4 is 14.8 Å². The van der Waals surface area contributed by atoms with Gasteiger partial charge in [0.15, 0.2) is 11.5 Å². The van der Waals surface area contributed by atoms with Crippen molar-refractivity contribution in [3.8, 4) is 11.5 Å². The maximum absolute atomic E-state index is 12.5. The Balaban J connectivity index is 2.01. The Hall–Kier alpha value is -1.91. The zero-order valence-electron chi connectivity index (χ0n) is 14.6. The minimum Gasteiger partial charge on any atom is -0.493 e. The van der Waals surface area contributed by atoms with Crippen molar-refractivity contribution in [1.82, 2.24) is 10.2 Å². The topological polar surface area (TPSA) is 50.8 Å². The fourth-order valence-corrected chi connectivity index (χ4v) is 3.21. The van der Waals surface area contributed by atoms with Gasteiger partial charge in [0, 0.05) is 18.7 Å². The summed E-state index contributed by atoms with van der Waals surface area (Å²) in [4.78, 5) is 14.2. The van der Waals surface area contributed by atoms with Gasteiger partial charge in [0.1, 0.15) is 0 Å². The Kier molecular flexibility index (Phi) is 6.13. The molecule has 128 valence electrons. The van der Waals surface area contributed by atoms with Crippen molar-refractivity contribution in [2.24, 2.45) is 5.92 Å². The van der Waals surface area contributed by atoms with Gasteiger partial charge in [-0.3, -0.25) is 0 Å². The van der Waals surface area contributed by atoms with Crippen LogP contribution >= 0.6 is 0 Å². The lowest BCUT2D eigenvalue weighted by Gasteiger charge is -2.31. The molecule has 0 aliphatic heterocycles. The van der Waals surface area contributed by atoms with Crippen LogP contribution in [0.25, 0.3) is 0 Å². The van der Waals surface area contributed by atoms with E-state index in [2.05, 4.69) is 12.2 Å². The molecule has 0 aromatic heterocycles. The summed E-state index contributed by atoms with van der Waals surface area (Å²) in [7, 11) is 5.04. The van der Waals surface area contributed by atoms with Crippen LogP contribution in [0.5, 0.6) is 11.5 Å². The number of ether oxygens (including phenoxy) is 2. The number of amides is 2. The fourth-order valence-electron chi connectivity index (χ4n) is 3.21. The fraction of sp³-hybridized carbons (Fsp3) is 0.611. The van der Waals surface area contributed by atoms with Crippen LogP contribution in [0.2, 0.25) is 0 Å². The molecule has 2 rings (SSSR count). The zero-order chi connectivity index (χ0) is 16.8. The largest absolute Gasteiger partial charge is 0.493 e. The van der Waals surface area contributed by atoms with Crippen LogP contribution in [0.15, 0.2) is 18.2 Å². The minimum atomic E-state index is -0.0337. The Labute approximate surface area is 139 Å². The van der Waals surface area contributed by atoms with Crippen molar-refractivity contribution in [1.29, 1.82) is 0 Å². The summed E-state index contributed by atoms with van der Waals surface area (Å²) >= 11 is 0. The Morgan fingerprint density at radius 1 is 1.26 bits per heavy atom. The van der Waals surface area contributed by atoms with Crippen LogP contribution in [-0.2, 0) is 6.54 Å². The highest BCUT2D eigenvalue weighted by atomic mass is 16.5. The lowest BCUT2D eigenvalue weighted by molar-refractivity contribution is 0.189. The maximum atomic E-state index is 12.5. The number of benzene rings is 1. The molecule has 0 bridgehead atoms. The van der Waals surface area contributed by atoms with Gasteiger partial charge in [0.25, 0.3) is 0 Å². The van der Waals surface area contributed by atoms with Crippen molar-refractivity contribution < 1.29 is 14.3 Å². The van der Waals surface area contributed by atoms with Gasteiger partial charge in [-0.2, -0.15) is 0 Å². The molecule has 1 N–H and O–H groups in total. The summed E-state index contributed by atoms with van der Waals surface area (Å²) in [5.74, 6) is 1.91. The number of urea groups is 1. The van der Waals surface area contributed by atoms with E-state index >= 15 is 0 Å². The average Bonchev–Trinajstić information content (AvgIpc) is 2.56. The van der Waals surface area contributed by atoms with E-state index in [9.17, 15) is 4.79 Å². The average molecular weight is 320 g/mol. The molecule has 0 spiro atoms. The van der Waals surface area contributed by atoms with E-state index in [1.165, 1.54) is 19.3 Å². The highest BCUT2D eigenvalue weighted by Gasteiger charge is 2.24. The number of rotatable bonds is 5. The van der Waals surface area contributed by atoms with Crippen LogP contribution in [0.3, 0.4) is 0 Å². The second-order valence-electron chi connectivity index (χ2n) is 6.33. The molecule has 0 heterocycles. The lowest BCUT2D eigenvalue weighted by Crippen LogP contribution is -2.46. The molecule has 2 atom stereocenters. The molecule has 0 saturated heterocycles. The van der Waals surface area contributed by atoms with Crippen molar-refractivity contribution in [2.45, 2.75) is 45.2 Å². The summed E-state index contributed by atoms with van der Waals surface area (Å²) in [5, 5.41) is 3.17. The molecule has 23 heavy (non-hydrogen) atoms. The third-order valence-electron chi connectivity index (χ3n) is 4.66. The van der Waals surface area contributed by atoms with Gasteiger partial charge in [-0.15, -0.1) is 0 Å². The first kappa shape index (κ1) is 17.4. The van der Waals surface area contributed by atoms with Gasteiger partial charge in [0.05, 0.1) is 20.8 Å². The Morgan fingerprint density at radius 3 is 2.65 bits per heavy atom. The zero-order valence-corrected chi connectivity index (χ0v) is 14.6. The number of carbonyl (C=O) groups excluding carboxylic acids is 1. The van der Waals surface area contributed by atoms with E-state index in [1.807, 2.05) is 25.2 Å². The van der Waals surface area contributed by atoms with Crippen molar-refractivity contribution in [2.75, 3.05) is 21.3 Å². The van der Waals surface area contributed by atoms with E-state index in [0.29, 0.717) is 24.0 Å². The van der Waals surface area contributed by atoms with E-state index in [4.69, 9.17) is 9.47 Å². The number of nitrogens with zero attached hydrogens (tertiary/aromatic N) is 1. The molecule has 1 aliphatic carbocycles. The molecular formula is C18H28N2O3. The maximum Gasteiger partial charge on any atom is 0.317 e. The molecular weight excluding hydrogens is 292 g/mol. The first-order chi connectivity index (χ1) is 11.1. The number of hydrogen-bond acceptors (Lipinski definition) is 3. The van der Waals surface area contributed by atoms with Gasteiger partial charge in [-0.1, -0.05) is 31.9 Å². The van der Waals surface area contributed by atoms with E-state index in [0.717, 1.165) is 12.0 Å². The monoisotopic (exact) mass is 320 g/mol. The number of nitrogens with one attached hydrogen (secondary N) is 1. The number of carbonyl (C=O) groups is 1. The second kappa shape index (κ2) is 8.09. The molecule has 2 unspecified atom stereocenters. The molecule has 1 aromatic carbocycles. The van der Waals surface area contributed by atoms with Crippen LogP contribution in [0.4, 0.5) is 4.79 Å². The third-order valence-corrected chi connectivity index (χ3v) is 4.66. The van der Waals surface area contributed by atoms with Gasteiger partial charge >= 0.3 is 6.03 Å². The summed E-state index contributed by atoms with van der Waals surface area (Å²) in [6.07, 6.45) is 4.73. The predicted octanol–water partition coefficient (Wildman–Crippen LogP) is 3.42. The molecule has 2 amide bonds. The molecule has 1 fully saturated rings. The smallest absolute Gasteiger partial charge is 0.317 e. The second-order valence-corrected chi connectivity index (χ2v) is 6.33. The Morgan fingerprint density at radius 2 is 2.00 bits per heavy atom. The van der Waals surface area contributed by atoms with Crippen LogP contribution in [-0.4, -0.2) is 38.2 Å². The number of hydrogen-bond donors (Lipinski definition) is 1. The van der Waals surface area contributed by atoms with E-state index < -0.39 is 0 Å². The summed E-state index contributed by atoms with van der Waals surface area (Å²) in [6.45, 7) is 2.70. The van der Waals surface area contributed by atoms with E-state index in [1.54, 1.807) is 19.1 Å².